The van der Waals surface area contributed by atoms with E-state index in [1.165, 1.54) is 0 Å². The Morgan fingerprint density at radius 2 is 2.08 bits per heavy atom. The molecule has 2 heterocycles. The van der Waals surface area contributed by atoms with Gasteiger partial charge in [0.1, 0.15) is 11.4 Å². The normalized spacial score (nSPS) is 17.4. The van der Waals surface area contributed by atoms with Crippen LogP contribution in [0.2, 0.25) is 0 Å². The third-order valence-corrected chi connectivity index (χ3v) is 6.24. The van der Waals surface area contributed by atoms with Crippen LogP contribution in [0.4, 0.5) is 0 Å². The van der Waals surface area contributed by atoms with Gasteiger partial charge in [0.25, 0.3) is 5.91 Å². The molecule has 1 aliphatic rings. The van der Waals surface area contributed by atoms with Gasteiger partial charge in [-0.1, -0.05) is 18.6 Å². The molecule has 11 nitrogen and oxygen atoms in total. The highest BCUT2D eigenvalue weighted by Crippen LogP contribution is 2.26. The van der Waals surface area contributed by atoms with Crippen molar-refractivity contribution in [2.45, 2.75) is 51.7 Å². The fourth-order valence-corrected chi connectivity index (χ4v) is 4.51. The number of methoxy groups -OCH3 is 1. The lowest BCUT2D eigenvalue weighted by molar-refractivity contribution is -0.120. The van der Waals surface area contributed by atoms with Gasteiger partial charge in [0, 0.05) is 23.8 Å². The molecule has 1 fully saturated rings. The molecule has 2 amide bonds. The number of hydrogen-bond donors (Lipinski definition) is 3. The average molecular weight is 493 g/mol. The molecule has 0 bridgehead atoms. The third kappa shape index (κ3) is 6.63. The zero-order chi connectivity index (χ0) is 25.5. The van der Waals surface area contributed by atoms with Crippen LogP contribution < -0.4 is 21.1 Å². The van der Waals surface area contributed by atoms with Crippen molar-refractivity contribution in [3.8, 4) is 17.1 Å². The van der Waals surface area contributed by atoms with Gasteiger partial charge in [0.15, 0.2) is 0 Å². The first-order valence-corrected chi connectivity index (χ1v) is 12.1. The minimum absolute atomic E-state index is 0.00151. The molecule has 0 radical (unpaired) electrons. The molecule has 0 aliphatic heterocycles. The Morgan fingerprint density at radius 1 is 1.22 bits per heavy atom. The number of carbonyl (C=O) groups is 2. The maximum absolute atomic E-state index is 12.8. The van der Waals surface area contributed by atoms with Gasteiger partial charge in [-0.25, -0.2) is 4.98 Å². The van der Waals surface area contributed by atoms with Crippen molar-refractivity contribution < 1.29 is 14.3 Å². The summed E-state index contributed by atoms with van der Waals surface area (Å²) in [6.45, 7) is 2.79. The first kappa shape index (κ1) is 25.2. The van der Waals surface area contributed by atoms with Gasteiger partial charge in [0.2, 0.25) is 11.7 Å². The predicted octanol–water partition coefficient (Wildman–Crippen LogP) is 1.62. The van der Waals surface area contributed by atoms with Crippen molar-refractivity contribution in [1.82, 2.24) is 35.8 Å². The summed E-state index contributed by atoms with van der Waals surface area (Å²) in [6, 6.07) is 11.2. The van der Waals surface area contributed by atoms with E-state index in [1.54, 1.807) is 18.0 Å². The van der Waals surface area contributed by atoms with E-state index in [2.05, 4.69) is 31.0 Å². The van der Waals surface area contributed by atoms with Crippen LogP contribution >= 0.6 is 0 Å². The summed E-state index contributed by atoms with van der Waals surface area (Å²) in [4.78, 5) is 30.4. The number of nitrogens with two attached hydrogens (primary N) is 1. The van der Waals surface area contributed by atoms with Crippen LogP contribution in [0.15, 0.2) is 36.4 Å². The summed E-state index contributed by atoms with van der Waals surface area (Å²) in [5.74, 6) is 1.09. The third-order valence-electron chi connectivity index (χ3n) is 6.24. The number of ether oxygens (including phenoxy) is 1. The van der Waals surface area contributed by atoms with E-state index in [0.29, 0.717) is 36.1 Å². The molecule has 1 aliphatic carbocycles. The number of pyridine rings is 1. The summed E-state index contributed by atoms with van der Waals surface area (Å²) in [7, 11) is 1.61. The number of hydrogen-bond acceptors (Lipinski definition) is 8. The van der Waals surface area contributed by atoms with E-state index in [-0.39, 0.29) is 30.1 Å². The zero-order valence-corrected chi connectivity index (χ0v) is 20.6. The Bertz CT molecular complexity index is 1210. The summed E-state index contributed by atoms with van der Waals surface area (Å²) in [5.41, 5.74) is 7.99. The van der Waals surface area contributed by atoms with E-state index in [9.17, 15) is 9.59 Å². The molecule has 190 valence electrons. The highest BCUT2D eigenvalue weighted by molar-refractivity contribution is 5.93. The second-order valence-electron chi connectivity index (χ2n) is 9.09. The molecule has 1 aromatic carbocycles. The van der Waals surface area contributed by atoms with Crippen molar-refractivity contribution in [2.75, 3.05) is 13.7 Å². The molecular weight excluding hydrogens is 460 g/mol. The van der Waals surface area contributed by atoms with Crippen molar-refractivity contribution in [3.05, 3.63) is 53.3 Å². The molecule has 11 heteroatoms. The summed E-state index contributed by atoms with van der Waals surface area (Å²) < 4.78 is 5.23. The number of benzene rings is 1. The second-order valence-corrected chi connectivity index (χ2v) is 9.09. The van der Waals surface area contributed by atoms with E-state index < -0.39 is 0 Å². The molecule has 1 saturated carbocycles. The van der Waals surface area contributed by atoms with E-state index in [4.69, 9.17) is 10.5 Å². The fourth-order valence-electron chi connectivity index (χ4n) is 4.51. The van der Waals surface area contributed by atoms with Gasteiger partial charge in [-0.05, 0) is 67.1 Å². The molecule has 0 spiro atoms. The lowest BCUT2D eigenvalue weighted by Gasteiger charge is -2.29. The predicted molar refractivity (Wildman–Crippen MR) is 133 cm³/mol. The maximum atomic E-state index is 12.8. The van der Waals surface area contributed by atoms with E-state index in [1.807, 2.05) is 37.3 Å². The van der Waals surface area contributed by atoms with Crippen molar-refractivity contribution >= 4 is 11.8 Å². The van der Waals surface area contributed by atoms with Crippen LogP contribution in [0.1, 0.15) is 47.4 Å². The largest absolute Gasteiger partial charge is 0.497 e. The van der Waals surface area contributed by atoms with Gasteiger partial charge in [-0.15, -0.1) is 10.2 Å². The van der Waals surface area contributed by atoms with Gasteiger partial charge >= 0.3 is 0 Å². The molecule has 2 aromatic heterocycles. The standard InChI is InChI=1S/C25H32N8O3/c1-16-9-19(12-22(28-16)25(35)27-14-17-5-4-8-21(11-17)36-2)24-30-32-33(31-24)15-18-6-3-7-20(10-18)29-23(34)13-26/h4-5,8-9,11-12,18,20H,3,6-7,10,13-15,26H2,1-2H3,(H,27,35)(H,29,34)/t18-,20+/m0/s1. The zero-order valence-electron chi connectivity index (χ0n) is 20.6. The number of tetrazole rings is 1. The monoisotopic (exact) mass is 492 g/mol. The van der Waals surface area contributed by atoms with Crippen LogP contribution in [0.5, 0.6) is 5.75 Å². The molecule has 4 N–H and O–H groups in total. The maximum Gasteiger partial charge on any atom is 0.270 e. The van der Waals surface area contributed by atoms with Crippen LogP contribution in [-0.2, 0) is 17.9 Å². The molecule has 0 saturated heterocycles. The van der Waals surface area contributed by atoms with Gasteiger partial charge in [0.05, 0.1) is 20.2 Å². The number of nitrogens with zero attached hydrogens (tertiary/aromatic N) is 5. The topological polar surface area (TPSA) is 150 Å². The molecular formula is C25H32N8O3. The van der Waals surface area contributed by atoms with Gasteiger partial charge in [-0.3, -0.25) is 9.59 Å². The number of aromatic nitrogens is 5. The quantitative estimate of drug-likeness (QED) is 0.408. The van der Waals surface area contributed by atoms with Crippen LogP contribution in [0, 0.1) is 12.8 Å². The van der Waals surface area contributed by atoms with Crippen LogP contribution in [0.25, 0.3) is 11.4 Å². The lowest BCUT2D eigenvalue weighted by atomic mass is 9.85. The fraction of sp³-hybridized carbons (Fsp3) is 0.440. The molecule has 2 atom stereocenters. The Hall–Kier alpha value is -3.86. The van der Waals surface area contributed by atoms with Gasteiger partial charge < -0.3 is 21.1 Å². The SMILES string of the molecule is COc1cccc(CNC(=O)c2cc(-c3nnn(C[C@H]4CCC[C@@H](NC(=O)CN)C4)n3)cc(C)n2)c1. The van der Waals surface area contributed by atoms with Crippen molar-refractivity contribution in [2.24, 2.45) is 11.7 Å². The number of aryl methyl sites for hydroxylation is 1. The number of nitrogens with one attached hydrogen (secondary N) is 2. The summed E-state index contributed by atoms with van der Waals surface area (Å²) in [5, 5.41) is 18.9. The number of amides is 2. The van der Waals surface area contributed by atoms with Crippen LogP contribution in [0.3, 0.4) is 0 Å². The smallest absolute Gasteiger partial charge is 0.270 e. The molecule has 0 unspecified atom stereocenters. The number of carbonyl (C=O) groups excluding carboxylic acids is 2. The number of rotatable bonds is 9. The molecule has 4 rings (SSSR count). The van der Waals surface area contributed by atoms with Crippen molar-refractivity contribution in [1.29, 1.82) is 0 Å². The van der Waals surface area contributed by atoms with E-state index in [0.717, 1.165) is 37.0 Å². The second kappa shape index (κ2) is 11.7. The minimum atomic E-state index is -0.289. The first-order chi connectivity index (χ1) is 17.4. The Morgan fingerprint density at radius 3 is 2.89 bits per heavy atom. The highest BCUT2D eigenvalue weighted by atomic mass is 16.5. The summed E-state index contributed by atoms with van der Waals surface area (Å²) in [6.07, 6.45) is 3.88. The minimum Gasteiger partial charge on any atom is -0.497 e. The van der Waals surface area contributed by atoms with Crippen molar-refractivity contribution in [3.63, 3.8) is 0 Å². The lowest BCUT2D eigenvalue weighted by Crippen LogP contribution is -2.42. The highest BCUT2D eigenvalue weighted by Gasteiger charge is 2.24. The van der Waals surface area contributed by atoms with E-state index >= 15 is 0 Å². The molecule has 36 heavy (non-hydrogen) atoms. The Balaban J connectivity index is 1.40. The molecule has 3 aromatic rings. The average Bonchev–Trinajstić information content (AvgIpc) is 3.35. The Kier molecular flexibility index (Phi) is 8.21. The van der Waals surface area contributed by atoms with Gasteiger partial charge in [-0.2, -0.15) is 4.80 Å². The first-order valence-electron chi connectivity index (χ1n) is 12.1. The Labute approximate surface area is 209 Å². The van der Waals surface area contributed by atoms with Crippen LogP contribution in [-0.4, -0.2) is 56.7 Å². The summed E-state index contributed by atoms with van der Waals surface area (Å²) >= 11 is 0.